The fraction of sp³-hybridized carbons (Fsp3) is 0.571. The molecule has 4 heteroatoms. The maximum atomic E-state index is 5.70. The largest absolute Gasteiger partial charge is 0.496 e. The van der Waals surface area contributed by atoms with Crippen LogP contribution in [0.25, 0.3) is 0 Å². The van der Waals surface area contributed by atoms with Crippen LogP contribution in [0.3, 0.4) is 0 Å². The first-order valence-corrected chi connectivity index (χ1v) is 7.01. The normalized spacial score (nSPS) is 11.6. The Morgan fingerprint density at radius 2 is 2.11 bits per heavy atom. The van der Waals surface area contributed by atoms with E-state index in [1.54, 1.807) is 7.11 Å². The highest BCUT2D eigenvalue weighted by Crippen LogP contribution is 2.25. The molecule has 102 valence electrons. The molecule has 18 heavy (non-hydrogen) atoms. The van der Waals surface area contributed by atoms with E-state index in [-0.39, 0.29) is 5.41 Å². The Kier molecular flexibility index (Phi) is 6.12. The highest BCUT2D eigenvalue weighted by Gasteiger charge is 2.14. The lowest BCUT2D eigenvalue weighted by Gasteiger charge is -2.22. The van der Waals surface area contributed by atoms with Crippen molar-refractivity contribution in [2.24, 2.45) is 11.1 Å². The zero-order chi connectivity index (χ0) is 13.6. The number of benzene rings is 1. The third-order valence-electron chi connectivity index (χ3n) is 3.08. The van der Waals surface area contributed by atoms with Gasteiger partial charge in [-0.1, -0.05) is 19.9 Å². The van der Waals surface area contributed by atoms with Crippen LogP contribution in [0.4, 0.5) is 0 Å². The molecular weight excluding hydrogens is 292 g/mol. The Morgan fingerprint density at radius 3 is 2.67 bits per heavy atom. The van der Waals surface area contributed by atoms with E-state index in [9.17, 15) is 0 Å². The Morgan fingerprint density at radius 1 is 1.39 bits per heavy atom. The SMILES string of the molecule is COc1ccc(CNCCC(C)(C)CN)cc1Br. The van der Waals surface area contributed by atoms with Crippen molar-refractivity contribution in [1.82, 2.24) is 5.32 Å². The lowest BCUT2D eigenvalue weighted by Crippen LogP contribution is -2.28. The molecule has 0 bridgehead atoms. The van der Waals surface area contributed by atoms with Gasteiger partial charge in [0.05, 0.1) is 11.6 Å². The standard InChI is InChI=1S/C14H23BrN2O/c1-14(2,10-16)6-7-17-9-11-4-5-13(18-3)12(15)8-11/h4-5,8,17H,6-7,9-10,16H2,1-3H3. The van der Waals surface area contributed by atoms with Gasteiger partial charge in [0.25, 0.3) is 0 Å². The molecule has 0 radical (unpaired) electrons. The van der Waals surface area contributed by atoms with E-state index in [4.69, 9.17) is 10.5 Å². The monoisotopic (exact) mass is 314 g/mol. The summed E-state index contributed by atoms with van der Waals surface area (Å²) in [6.07, 6.45) is 1.08. The van der Waals surface area contributed by atoms with Crippen LogP contribution in [0.2, 0.25) is 0 Å². The van der Waals surface area contributed by atoms with Crippen LogP contribution in [0.5, 0.6) is 5.75 Å². The minimum atomic E-state index is 0.216. The molecule has 1 aromatic carbocycles. The predicted octanol–water partition coefficient (Wildman–Crippen LogP) is 2.92. The molecule has 3 N–H and O–H groups in total. The minimum Gasteiger partial charge on any atom is -0.496 e. The van der Waals surface area contributed by atoms with Crippen molar-refractivity contribution in [1.29, 1.82) is 0 Å². The molecule has 1 aromatic rings. The fourth-order valence-electron chi connectivity index (χ4n) is 1.58. The number of nitrogens with one attached hydrogen (secondary N) is 1. The van der Waals surface area contributed by atoms with Gasteiger partial charge in [-0.25, -0.2) is 0 Å². The van der Waals surface area contributed by atoms with E-state index in [1.165, 1.54) is 5.56 Å². The van der Waals surface area contributed by atoms with Gasteiger partial charge in [-0.3, -0.25) is 0 Å². The van der Waals surface area contributed by atoms with Crippen molar-refractivity contribution in [2.45, 2.75) is 26.8 Å². The summed E-state index contributed by atoms with van der Waals surface area (Å²) in [7, 11) is 1.67. The number of hydrogen-bond acceptors (Lipinski definition) is 3. The summed E-state index contributed by atoms with van der Waals surface area (Å²) in [6.45, 7) is 6.96. The van der Waals surface area contributed by atoms with Gasteiger partial charge >= 0.3 is 0 Å². The summed E-state index contributed by atoms with van der Waals surface area (Å²) in [4.78, 5) is 0. The summed E-state index contributed by atoms with van der Waals surface area (Å²) >= 11 is 3.49. The Balaban J connectivity index is 2.38. The number of nitrogens with two attached hydrogens (primary N) is 1. The highest BCUT2D eigenvalue weighted by atomic mass is 79.9. The molecule has 0 aliphatic heterocycles. The lowest BCUT2D eigenvalue weighted by molar-refractivity contribution is 0.339. The zero-order valence-electron chi connectivity index (χ0n) is 11.4. The average Bonchev–Trinajstić information content (AvgIpc) is 2.35. The van der Waals surface area contributed by atoms with Gasteiger partial charge < -0.3 is 15.8 Å². The topological polar surface area (TPSA) is 47.3 Å². The molecule has 3 nitrogen and oxygen atoms in total. The second-order valence-electron chi connectivity index (χ2n) is 5.26. The van der Waals surface area contributed by atoms with Crippen molar-refractivity contribution >= 4 is 15.9 Å². The van der Waals surface area contributed by atoms with Crippen molar-refractivity contribution in [3.8, 4) is 5.75 Å². The molecule has 0 atom stereocenters. The summed E-state index contributed by atoms with van der Waals surface area (Å²) in [5.41, 5.74) is 7.16. The molecule has 0 aromatic heterocycles. The van der Waals surface area contributed by atoms with E-state index in [2.05, 4.69) is 47.2 Å². The van der Waals surface area contributed by atoms with Gasteiger partial charge in [0.1, 0.15) is 5.75 Å². The maximum Gasteiger partial charge on any atom is 0.133 e. The van der Waals surface area contributed by atoms with Crippen molar-refractivity contribution in [3.63, 3.8) is 0 Å². The second-order valence-corrected chi connectivity index (χ2v) is 6.12. The first-order valence-electron chi connectivity index (χ1n) is 6.22. The highest BCUT2D eigenvalue weighted by molar-refractivity contribution is 9.10. The Hall–Kier alpha value is -0.580. The second kappa shape index (κ2) is 7.12. The van der Waals surface area contributed by atoms with Gasteiger partial charge in [0.2, 0.25) is 0 Å². The fourth-order valence-corrected chi connectivity index (χ4v) is 2.17. The lowest BCUT2D eigenvalue weighted by atomic mass is 9.90. The maximum absolute atomic E-state index is 5.70. The first-order chi connectivity index (χ1) is 8.48. The Labute approximate surface area is 118 Å². The van der Waals surface area contributed by atoms with Crippen LogP contribution < -0.4 is 15.8 Å². The quantitative estimate of drug-likeness (QED) is 0.761. The third kappa shape index (κ3) is 4.96. The van der Waals surface area contributed by atoms with Crippen LogP contribution in [0.15, 0.2) is 22.7 Å². The van der Waals surface area contributed by atoms with Crippen molar-refractivity contribution in [3.05, 3.63) is 28.2 Å². The number of halogens is 1. The first kappa shape index (κ1) is 15.5. The number of rotatable bonds is 7. The summed E-state index contributed by atoms with van der Waals surface area (Å²) < 4.78 is 6.20. The minimum absolute atomic E-state index is 0.216. The molecule has 0 saturated carbocycles. The molecule has 0 amide bonds. The van der Waals surface area contributed by atoms with E-state index in [0.29, 0.717) is 0 Å². The Bertz CT molecular complexity index is 380. The molecule has 0 aliphatic carbocycles. The number of methoxy groups -OCH3 is 1. The molecule has 0 unspecified atom stereocenters. The van der Waals surface area contributed by atoms with Gasteiger partial charge in [0.15, 0.2) is 0 Å². The summed E-state index contributed by atoms with van der Waals surface area (Å²) in [5, 5.41) is 3.44. The zero-order valence-corrected chi connectivity index (χ0v) is 13.0. The van der Waals surface area contributed by atoms with Crippen LogP contribution in [-0.2, 0) is 6.54 Å². The molecular formula is C14H23BrN2O. The smallest absolute Gasteiger partial charge is 0.133 e. The molecule has 0 fully saturated rings. The third-order valence-corrected chi connectivity index (χ3v) is 3.70. The van der Waals surface area contributed by atoms with Crippen molar-refractivity contribution < 1.29 is 4.74 Å². The summed E-state index contributed by atoms with van der Waals surface area (Å²) in [5.74, 6) is 0.864. The average molecular weight is 315 g/mol. The van der Waals surface area contributed by atoms with Gasteiger partial charge in [-0.05, 0) is 58.6 Å². The molecule has 0 heterocycles. The molecule has 0 aliphatic rings. The van der Waals surface area contributed by atoms with Crippen LogP contribution in [-0.4, -0.2) is 20.2 Å². The predicted molar refractivity (Wildman–Crippen MR) is 79.9 cm³/mol. The van der Waals surface area contributed by atoms with Crippen LogP contribution in [0.1, 0.15) is 25.8 Å². The van der Waals surface area contributed by atoms with Gasteiger partial charge in [0, 0.05) is 6.54 Å². The van der Waals surface area contributed by atoms with E-state index in [0.717, 1.165) is 36.3 Å². The number of ether oxygens (including phenoxy) is 1. The molecule has 1 rings (SSSR count). The molecule has 0 spiro atoms. The van der Waals surface area contributed by atoms with Gasteiger partial charge in [-0.15, -0.1) is 0 Å². The van der Waals surface area contributed by atoms with Gasteiger partial charge in [-0.2, -0.15) is 0 Å². The van der Waals surface area contributed by atoms with Crippen LogP contribution >= 0.6 is 15.9 Å². The van der Waals surface area contributed by atoms with E-state index >= 15 is 0 Å². The van der Waals surface area contributed by atoms with Crippen LogP contribution in [0, 0.1) is 5.41 Å². The number of hydrogen-bond donors (Lipinski definition) is 2. The molecule has 0 saturated heterocycles. The van der Waals surface area contributed by atoms with E-state index < -0.39 is 0 Å². The summed E-state index contributed by atoms with van der Waals surface area (Å²) in [6, 6.07) is 6.13. The van der Waals surface area contributed by atoms with Crippen molar-refractivity contribution in [2.75, 3.05) is 20.2 Å². The van der Waals surface area contributed by atoms with E-state index in [1.807, 2.05) is 6.07 Å².